The summed E-state index contributed by atoms with van der Waals surface area (Å²) in [6, 6.07) is 16.1. The van der Waals surface area contributed by atoms with Crippen molar-refractivity contribution in [1.29, 1.82) is 0 Å². The molecule has 0 aliphatic carbocycles. The fourth-order valence-corrected chi connectivity index (χ4v) is 3.99. The molecular weight excluding hydrogens is 344 g/mol. The lowest BCUT2D eigenvalue weighted by Crippen LogP contribution is -2.31. The minimum Gasteiger partial charge on any atom is -0.361 e. The van der Waals surface area contributed by atoms with Gasteiger partial charge in [0.2, 0.25) is 10.0 Å². The number of nitrogens with zero attached hydrogens (tertiary/aromatic N) is 1. The van der Waals surface area contributed by atoms with E-state index in [4.69, 9.17) is 0 Å². The molecule has 1 radical (unpaired) electrons. The van der Waals surface area contributed by atoms with Gasteiger partial charge in [-0.1, -0.05) is 43.3 Å². The predicted octanol–water partition coefficient (Wildman–Crippen LogP) is 3.94. The van der Waals surface area contributed by atoms with Crippen molar-refractivity contribution in [3.05, 3.63) is 78.3 Å². The first-order valence-electron chi connectivity index (χ1n) is 8.84. The first kappa shape index (κ1) is 18.7. The van der Waals surface area contributed by atoms with Gasteiger partial charge in [0.1, 0.15) is 0 Å². The third-order valence-electron chi connectivity index (χ3n) is 4.60. The Balaban J connectivity index is 1.80. The summed E-state index contributed by atoms with van der Waals surface area (Å²) in [6.07, 6.45) is 5.74. The number of sulfonamides is 1. The monoisotopic (exact) mass is 369 g/mol. The maximum atomic E-state index is 12.3. The van der Waals surface area contributed by atoms with Gasteiger partial charge in [-0.2, -0.15) is 4.31 Å². The first-order chi connectivity index (χ1) is 12.5. The highest BCUT2D eigenvalue weighted by Crippen LogP contribution is 2.22. The molecule has 0 amide bonds. The number of hydrogen-bond acceptors (Lipinski definition) is 2. The third-order valence-corrected chi connectivity index (χ3v) is 5.85. The molecule has 0 saturated heterocycles. The number of aromatic nitrogens is 1. The van der Waals surface area contributed by atoms with Crippen LogP contribution < -0.4 is 0 Å². The Morgan fingerprint density at radius 2 is 1.81 bits per heavy atom. The summed E-state index contributed by atoms with van der Waals surface area (Å²) < 4.78 is 26.1. The van der Waals surface area contributed by atoms with E-state index in [-0.39, 0.29) is 0 Å². The molecule has 137 valence electrons. The Labute approximate surface area is 155 Å². The van der Waals surface area contributed by atoms with Crippen molar-refractivity contribution in [3.63, 3.8) is 0 Å². The van der Waals surface area contributed by atoms with Crippen LogP contribution in [0, 0.1) is 6.92 Å². The highest BCUT2D eigenvalue weighted by molar-refractivity contribution is 7.88. The molecule has 2 aromatic carbocycles. The van der Waals surface area contributed by atoms with Crippen LogP contribution in [-0.2, 0) is 29.4 Å². The Kier molecular flexibility index (Phi) is 5.79. The van der Waals surface area contributed by atoms with Gasteiger partial charge in [0, 0.05) is 30.2 Å². The zero-order valence-corrected chi connectivity index (χ0v) is 15.9. The zero-order chi connectivity index (χ0) is 18.6. The molecule has 0 atom stereocenters. The van der Waals surface area contributed by atoms with Gasteiger partial charge in [-0.3, -0.25) is 0 Å². The fraction of sp³-hybridized carbons (Fsp3) is 0.286. The summed E-state index contributed by atoms with van der Waals surface area (Å²) in [5.41, 5.74) is 4.44. The number of fused-ring (bicyclic) bond motifs is 1. The number of benzene rings is 2. The minimum absolute atomic E-state index is 0.386. The number of H-pyrrole nitrogens is 1. The van der Waals surface area contributed by atoms with Crippen LogP contribution in [0.1, 0.15) is 23.1 Å². The molecule has 0 aliphatic heterocycles. The van der Waals surface area contributed by atoms with Gasteiger partial charge >= 0.3 is 0 Å². The zero-order valence-electron chi connectivity index (χ0n) is 15.1. The van der Waals surface area contributed by atoms with Gasteiger partial charge in [0.25, 0.3) is 0 Å². The van der Waals surface area contributed by atoms with Crippen LogP contribution in [0.3, 0.4) is 0 Å². The maximum absolute atomic E-state index is 12.3. The molecule has 1 heterocycles. The normalized spacial score (nSPS) is 12.1. The second-order valence-electron chi connectivity index (χ2n) is 6.63. The van der Waals surface area contributed by atoms with Gasteiger partial charge in [-0.15, -0.1) is 0 Å². The predicted molar refractivity (Wildman–Crippen MR) is 107 cm³/mol. The van der Waals surface area contributed by atoms with Crippen LogP contribution in [0.2, 0.25) is 0 Å². The van der Waals surface area contributed by atoms with E-state index in [0.717, 1.165) is 34.9 Å². The van der Waals surface area contributed by atoms with Gasteiger partial charge in [0.15, 0.2) is 0 Å². The van der Waals surface area contributed by atoms with Crippen molar-refractivity contribution in [2.75, 3.05) is 12.8 Å². The van der Waals surface area contributed by atoms with Crippen LogP contribution in [0.25, 0.3) is 10.9 Å². The smallest absolute Gasteiger partial charge is 0.211 e. The number of aryl methyl sites for hydroxylation is 1. The molecule has 3 rings (SSSR count). The Hall–Kier alpha value is -2.11. The van der Waals surface area contributed by atoms with Crippen molar-refractivity contribution in [1.82, 2.24) is 9.29 Å². The number of nitrogens with one attached hydrogen (secondary N) is 1. The maximum Gasteiger partial charge on any atom is 0.211 e. The van der Waals surface area contributed by atoms with Crippen LogP contribution in [0.5, 0.6) is 0 Å². The lowest BCUT2D eigenvalue weighted by molar-refractivity contribution is 0.413. The molecule has 1 aromatic heterocycles. The lowest BCUT2D eigenvalue weighted by atomic mass is 10.1. The highest BCUT2D eigenvalue weighted by atomic mass is 32.2. The van der Waals surface area contributed by atoms with Crippen LogP contribution >= 0.6 is 0 Å². The summed E-state index contributed by atoms with van der Waals surface area (Å²) in [7, 11) is -3.28. The summed E-state index contributed by atoms with van der Waals surface area (Å²) >= 11 is 0. The Bertz CT molecular complexity index is 962. The summed E-state index contributed by atoms with van der Waals surface area (Å²) in [5, 5.41) is 1.16. The average Bonchev–Trinajstić information content (AvgIpc) is 3.01. The van der Waals surface area contributed by atoms with Gasteiger partial charge < -0.3 is 4.98 Å². The standard InChI is InChI=1S/C21H25N2O2S/c1-3-7-19-15-22-21-11-10-18(14-20(19)21)16-23(26(2,24)25)13-12-17-8-5-4-6-9-17/h4-6,8-11,14-15,22H,1,3,7,12-13,16H2,2H3. The van der Waals surface area contributed by atoms with E-state index in [0.29, 0.717) is 19.5 Å². The van der Waals surface area contributed by atoms with Gasteiger partial charge in [-0.25, -0.2) is 8.42 Å². The molecule has 26 heavy (non-hydrogen) atoms. The molecule has 0 bridgehead atoms. The summed E-state index contributed by atoms with van der Waals surface area (Å²) in [6.45, 7) is 4.78. The second kappa shape index (κ2) is 8.06. The quantitative estimate of drug-likeness (QED) is 0.654. The number of rotatable bonds is 8. The van der Waals surface area contributed by atoms with E-state index in [1.54, 1.807) is 4.31 Å². The average molecular weight is 370 g/mol. The minimum atomic E-state index is -3.28. The molecule has 0 saturated carbocycles. The lowest BCUT2D eigenvalue weighted by Gasteiger charge is -2.20. The van der Waals surface area contributed by atoms with Crippen molar-refractivity contribution in [2.24, 2.45) is 0 Å². The molecule has 5 heteroatoms. The third kappa shape index (κ3) is 4.54. The second-order valence-corrected chi connectivity index (χ2v) is 8.61. The topological polar surface area (TPSA) is 53.2 Å². The van der Waals surface area contributed by atoms with Gasteiger partial charge in [0.05, 0.1) is 6.26 Å². The summed E-state index contributed by atoms with van der Waals surface area (Å²) in [4.78, 5) is 3.27. The van der Waals surface area contributed by atoms with Crippen molar-refractivity contribution in [2.45, 2.75) is 25.8 Å². The Morgan fingerprint density at radius 3 is 2.50 bits per heavy atom. The van der Waals surface area contributed by atoms with Crippen molar-refractivity contribution < 1.29 is 8.42 Å². The van der Waals surface area contributed by atoms with E-state index in [1.807, 2.05) is 48.7 Å². The van der Waals surface area contributed by atoms with E-state index in [1.165, 1.54) is 11.8 Å². The van der Waals surface area contributed by atoms with E-state index >= 15 is 0 Å². The van der Waals surface area contributed by atoms with Crippen LogP contribution in [0.4, 0.5) is 0 Å². The van der Waals surface area contributed by atoms with Crippen LogP contribution in [0.15, 0.2) is 54.7 Å². The fourth-order valence-electron chi connectivity index (χ4n) is 3.19. The summed E-state index contributed by atoms with van der Waals surface area (Å²) in [5.74, 6) is 0. The van der Waals surface area contributed by atoms with E-state index in [2.05, 4.69) is 18.0 Å². The SMILES string of the molecule is [CH2]CCc1c[nH]c2ccc(CN(CCc3ccccc3)S(C)(=O)=O)cc12. The molecule has 0 aliphatic rings. The van der Waals surface area contributed by atoms with Crippen LogP contribution in [-0.4, -0.2) is 30.5 Å². The van der Waals surface area contributed by atoms with E-state index < -0.39 is 10.0 Å². The highest BCUT2D eigenvalue weighted by Gasteiger charge is 2.17. The molecule has 0 spiro atoms. The largest absolute Gasteiger partial charge is 0.361 e. The first-order valence-corrected chi connectivity index (χ1v) is 10.7. The molecule has 4 nitrogen and oxygen atoms in total. The number of hydrogen-bond donors (Lipinski definition) is 1. The van der Waals surface area contributed by atoms with Crippen molar-refractivity contribution >= 4 is 20.9 Å². The molecular formula is C21H25N2O2S. The van der Waals surface area contributed by atoms with Crippen molar-refractivity contribution in [3.8, 4) is 0 Å². The molecule has 0 fully saturated rings. The molecule has 3 aromatic rings. The molecule has 0 unspecified atom stereocenters. The molecule has 1 N–H and O–H groups in total. The number of aromatic amines is 1. The Morgan fingerprint density at radius 1 is 1.04 bits per heavy atom. The van der Waals surface area contributed by atoms with E-state index in [9.17, 15) is 8.42 Å². The van der Waals surface area contributed by atoms with Gasteiger partial charge in [-0.05, 0) is 48.1 Å².